The number of nitrogens with two attached hydrogens (primary N) is 1. The number of para-hydroxylation sites is 2. The standard InChI is InChI=1S/C29H25N3O3.BrH/c1-34-27-17-14-22(18-28(27)35-2)26(33)19-31-24-10-6-7-11-25(24)32(29(31)30)23-15-12-21(13-16-23)20-8-4-3-5-9-20;/h3-18,30H,19H2,1-2H3;1H. The molecule has 6 nitrogen and oxygen atoms in total. The highest BCUT2D eigenvalue weighted by Crippen LogP contribution is 2.28. The van der Waals surface area contributed by atoms with Crippen molar-refractivity contribution in [2.24, 2.45) is 0 Å². The van der Waals surface area contributed by atoms with Crippen LogP contribution in [0.4, 0.5) is 5.95 Å². The zero-order valence-electron chi connectivity index (χ0n) is 20.0. The largest absolute Gasteiger partial charge is 1.00 e. The summed E-state index contributed by atoms with van der Waals surface area (Å²) >= 11 is 0. The van der Waals surface area contributed by atoms with Crippen LogP contribution in [-0.4, -0.2) is 24.6 Å². The van der Waals surface area contributed by atoms with Gasteiger partial charge in [-0.25, -0.2) is 4.57 Å². The summed E-state index contributed by atoms with van der Waals surface area (Å²) in [4.78, 5) is 13.2. The van der Waals surface area contributed by atoms with Crippen molar-refractivity contribution in [3.63, 3.8) is 0 Å². The number of rotatable bonds is 7. The van der Waals surface area contributed by atoms with E-state index in [0.717, 1.165) is 27.8 Å². The third-order valence-electron chi connectivity index (χ3n) is 6.16. The summed E-state index contributed by atoms with van der Waals surface area (Å²) in [6.45, 7) is 0.0942. The van der Waals surface area contributed by atoms with E-state index < -0.39 is 0 Å². The van der Waals surface area contributed by atoms with Crippen LogP contribution in [0.1, 0.15) is 10.4 Å². The topological polar surface area (TPSA) is 70.4 Å². The van der Waals surface area contributed by atoms with E-state index >= 15 is 0 Å². The van der Waals surface area contributed by atoms with Gasteiger partial charge < -0.3 is 26.5 Å². The minimum atomic E-state index is -0.0787. The van der Waals surface area contributed by atoms with Crippen LogP contribution in [0.15, 0.2) is 97.1 Å². The van der Waals surface area contributed by atoms with Gasteiger partial charge in [-0.1, -0.05) is 54.6 Å². The lowest BCUT2D eigenvalue weighted by Gasteiger charge is -2.09. The first kappa shape index (κ1) is 25.0. The molecule has 0 atom stereocenters. The van der Waals surface area contributed by atoms with E-state index in [1.54, 1.807) is 32.4 Å². The number of carbonyl (C=O) groups is 1. The highest BCUT2D eigenvalue weighted by molar-refractivity contribution is 5.96. The number of ketones is 1. The predicted octanol–water partition coefficient (Wildman–Crippen LogP) is 2.07. The molecule has 0 aliphatic carbocycles. The first-order chi connectivity index (χ1) is 17.1. The average molecular weight is 544 g/mol. The number of nitrogen functional groups attached to an aromatic ring is 1. The number of fused-ring (bicyclic) bond motifs is 1. The Morgan fingerprint density at radius 2 is 1.44 bits per heavy atom. The van der Waals surface area contributed by atoms with Crippen LogP contribution in [0.5, 0.6) is 11.5 Å². The maximum Gasteiger partial charge on any atom is 0.361 e. The average Bonchev–Trinajstić information content (AvgIpc) is 3.19. The molecule has 0 saturated carbocycles. The van der Waals surface area contributed by atoms with E-state index in [1.807, 2.05) is 63.7 Å². The summed E-state index contributed by atoms with van der Waals surface area (Å²) in [6, 6.07) is 31.6. The van der Waals surface area contributed by atoms with Crippen LogP contribution < -0.4 is 36.8 Å². The molecule has 182 valence electrons. The SMILES string of the molecule is COc1ccc(C(=O)C[n+]2c(N)n(-c3ccc(-c4ccccc4)cc3)c3ccccc32)cc1OC.[Br-]. The van der Waals surface area contributed by atoms with Crippen LogP contribution in [0.2, 0.25) is 0 Å². The third kappa shape index (κ3) is 4.57. The maximum absolute atomic E-state index is 13.2. The minimum absolute atomic E-state index is 0. The number of benzene rings is 4. The molecule has 0 aliphatic rings. The van der Waals surface area contributed by atoms with Gasteiger partial charge in [0.25, 0.3) is 0 Å². The van der Waals surface area contributed by atoms with Gasteiger partial charge in [0.05, 0.1) is 14.2 Å². The number of carbonyl (C=O) groups excluding carboxylic acids is 1. The lowest BCUT2D eigenvalue weighted by Crippen LogP contribution is -3.00. The second-order valence-electron chi connectivity index (χ2n) is 8.17. The molecule has 5 rings (SSSR count). The Morgan fingerprint density at radius 1 is 0.806 bits per heavy atom. The van der Waals surface area contributed by atoms with Crippen molar-refractivity contribution in [2.75, 3.05) is 20.0 Å². The number of nitrogens with zero attached hydrogens (tertiary/aromatic N) is 2. The van der Waals surface area contributed by atoms with Crippen LogP contribution >= 0.6 is 0 Å². The number of halogens is 1. The second kappa shape index (κ2) is 10.7. The summed E-state index contributed by atoms with van der Waals surface area (Å²) in [5, 5.41) is 0. The van der Waals surface area contributed by atoms with Gasteiger partial charge >= 0.3 is 5.95 Å². The highest BCUT2D eigenvalue weighted by atomic mass is 79.9. The van der Waals surface area contributed by atoms with Gasteiger partial charge in [-0.15, -0.1) is 0 Å². The van der Waals surface area contributed by atoms with E-state index in [9.17, 15) is 4.79 Å². The smallest absolute Gasteiger partial charge is 0.361 e. The van der Waals surface area contributed by atoms with Gasteiger partial charge in [-0.3, -0.25) is 10.5 Å². The summed E-state index contributed by atoms with van der Waals surface area (Å²) < 4.78 is 14.5. The molecule has 0 aliphatic heterocycles. The zero-order chi connectivity index (χ0) is 24.4. The number of imidazole rings is 1. The molecular weight excluding hydrogens is 518 g/mol. The predicted molar refractivity (Wildman–Crippen MR) is 137 cm³/mol. The van der Waals surface area contributed by atoms with Gasteiger partial charge in [-0.05, 0) is 53.6 Å². The number of hydrogen-bond acceptors (Lipinski definition) is 4. The molecule has 4 aromatic carbocycles. The number of hydrogen-bond donors (Lipinski definition) is 1. The van der Waals surface area contributed by atoms with Crippen LogP contribution in [-0.2, 0) is 6.54 Å². The van der Waals surface area contributed by atoms with E-state index in [-0.39, 0.29) is 29.3 Å². The quantitative estimate of drug-likeness (QED) is 0.252. The summed E-state index contributed by atoms with van der Waals surface area (Å²) in [7, 11) is 3.12. The summed E-state index contributed by atoms with van der Waals surface area (Å²) in [5.74, 6) is 1.49. The Hall–Kier alpha value is -4.10. The van der Waals surface area contributed by atoms with Crippen molar-refractivity contribution in [3.05, 3.63) is 103 Å². The number of ether oxygens (including phenoxy) is 2. The molecule has 0 fully saturated rings. The second-order valence-corrected chi connectivity index (χ2v) is 8.17. The fraction of sp³-hybridized carbons (Fsp3) is 0.103. The van der Waals surface area contributed by atoms with Crippen LogP contribution in [0, 0.1) is 0 Å². The Morgan fingerprint density at radius 3 is 2.14 bits per heavy atom. The van der Waals surface area contributed by atoms with Crippen molar-refractivity contribution in [2.45, 2.75) is 6.54 Å². The molecule has 0 saturated heterocycles. The molecule has 7 heteroatoms. The Kier molecular flexibility index (Phi) is 7.41. The van der Waals surface area contributed by atoms with Gasteiger partial charge in [-0.2, -0.15) is 4.57 Å². The molecule has 0 unspecified atom stereocenters. The van der Waals surface area contributed by atoms with Crippen molar-refractivity contribution < 1.29 is 35.8 Å². The summed E-state index contributed by atoms with van der Waals surface area (Å²) in [6.07, 6.45) is 0. The molecule has 1 aromatic heterocycles. The number of methoxy groups -OCH3 is 2. The van der Waals surface area contributed by atoms with Gasteiger partial charge in [0.15, 0.2) is 17.3 Å². The van der Waals surface area contributed by atoms with Gasteiger partial charge in [0.2, 0.25) is 0 Å². The summed E-state index contributed by atoms with van der Waals surface area (Å²) in [5.41, 5.74) is 12.2. The van der Waals surface area contributed by atoms with Crippen molar-refractivity contribution in [1.29, 1.82) is 0 Å². The van der Waals surface area contributed by atoms with E-state index in [1.165, 1.54) is 0 Å². The minimum Gasteiger partial charge on any atom is -1.00 e. The first-order valence-corrected chi connectivity index (χ1v) is 11.3. The molecule has 0 spiro atoms. The molecule has 36 heavy (non-hydrogen) atoms. The van der Waals surface area contributed by atoms with Crippen LogP contribution in [0.3, 0.4) is 0 Å². The van der Waals surface area contributed by atoms with E-state index in [2.05, 4.69) is 24.3 Å². The molecule has 2 N–H and O–H groups in total. The molecule has 0 radical (unpaired) electrons. The van der Waals surface area contributed by atoms with Gasteiger partial charge in [0, 0.05) is 5.56 Å². The molecule has 0 amide bonds. The van der Waals surface area contributed by atoms with Crippen molar-refractivity contribution in [1.82, 2.24) is 4.57 Å². The van der Waals surface area contributed by atoms with Crippen molar-refractivity contribution >= 4 is 22.8 Å². The fourth-order valence-corrected chi connectivity index (χ4v) is 4.36. The highest BCUT2D eigenvalue weighted by Gasteiger charge is 2.24. The lowest BCUT2D eigenvalue weighted by atomic mass is 10.1. The van der Waals surface area contributed by atoms with E-state index in [4.69, 9.17) is 15.2 Å². The molecular formula is C29H26BrN3O3. The van der Waals surface area contributed by atoms with Gasteiger partial charge in [0.1, 0.15) is 23.3 Å². The Labute approximate surface area is 220 Å². The number of aromatic nitrogens is 2. The number of Topliss-reactive ketones (excluding diaryl/α,β-unsaturated/α-hetero) is 1. The molecule has 0 bridgehead atoms. The molecule has 5 aromatic rings. The van der Waals surface area contributed by atoms with Crippen LogP contribution in [0.25, 0.3) is 27.8 Å². The van der Waals surface area contributed by atoms with Crippen molar-refractivity contribution in [3.8, 4) is 28.3 Å². The fourth-order valence-electron chi connectivity index (χ4n) is 4.36. The van der Waals surface area contributed by atoms with E-state index in [0.29, 0.717) is 23.0 Å². The maximum atomic E-state index is 13.2. The Bertz CT molecular complexity index is 1510. The number of anilines is 1. The Balaban J connectivity index is 0.00000304. The lowest BCUT2D eigenvalue weighted by molar-refractivity contribution is -0.642. The first-order valence-electron chi connectivity index (χ1n) is 11.3. The third-order valence-corrected chi connectivity index (χ3v) is 6.16. The normalized spacial score (nSPS) is 10.6. The molecule has 1 heterocycles. The zero-order valence-corrected chi connectivity index (χ0v) is 21.6. The monoisotopic (exact) mass is 543 g/mol.